The fraction of sp³-hybridized carbons (Fsp3) is 0.500. The number of likely N-dealkylation sites (tertiary alicyclic amines) is 1. The van der Waals surface area contributed by atoms with E-state index in [0.29, 0.717) is 31.9 Å². The second-order valence-corrected chi connectivity index (χ2v) is 7.17. The minimum atomic E-state index is -0.267. The predicted molar refractivity (Wildman–Crippen MR) is 94.3 cm³/mol. The second-order valence-electron chi connectivity index (χ2n) is 7.17. The fourth-order valence-electron chi connectivity index (χ4n) is 3.88. The van der Waals surface area contributed by atoms with Crippen LogP contribution in [0, 0.1) is 0 Å². The highest BCUT2D eigenvalue weighted by Crippen LogP contribution is 2.36. The minimum absolute atomic E-state index is 0.0651. The maximum Gasteiger partial charge on any atom is 0.230 e. The first-order valence-corrected chi connectivity index (χ1v) is 9.17. The van der Waals surface area contributed by atoms with Gasteiger partial charge in [0.25, 0.3) is 0 Å². The van der Waals surface area contributed by atoms with Crippen molar-refractivity contribution >= 4 is 5.91 Å². The van der Waals surface area contributed by atoms with E-state index in [0.717, 1.165) is 31.4 Å². The number of ether oxygens (including phenoxy) is 2. The van der Waals surface area contributed by atoms with Crippen molar-refractivity contribution in [2.24, 2.45) is 0 Å². The second kappa shape index (κ2) is 7.60. The Hall–Kier alpha value is -2.18. The molecule has 2 aromatic heterocycles. The van der Waals surface area contributed by atoms with Crippen LogP contribution >= 0.6 is 0 Å². The molecular formula is C20H24N2O4. The van der Waals surface area contributed by atoms with Gasteiger partial charge in [0.05, 0.1) is 37.6 Å². The fourth-order valence-corrected chi connectivity index (χ4v) is 3.88. The van der Waals surface area contributed by atoms with Gasteiger partial charge < -0.3 is 18.8 Å². The molecule has 138 valence electrons. The monoisotopic (exact) mass is 356 g/mol. The lowest BCUT2D eigenvalue weighted by Gasteiger charge is -2.39. The van der Waals surface area contributed by atoms with Crippen molar-refractivity contribution in [1.82, 2.24) is 9.88 Å². The molecule has 6 heteroatoms. The lowest BCUT2D eigenvalue weighted by molar-refractivity contribution is -0.138. The van der Waals surface area contributed by atoms with Crippen molar-refractivity contribution < 1.29 is 18.7 Å². The summed E-state index contributed by atoms with van der Waals surface area (Å²) in [6, 6.07) is 7.57. The lowest BCUT2D eigenvalue weighted by Crippen LogP contribution is -2.50. The zero-order valence-corrected chi connectivity index (χ0v) is 14.8. The van der Waals surface area contributed by atoms with Gasteiger partial charge in [0.2, 0.25) is 5.91 Å². The summed E-state index contributed by atoms with van der Waals surface area (Å²) in [7, 11) is 0. The normalized spacial score (nSPS) is 25.7. The van der Waals surface area contributed by atoms with E-state index in [-0.39, 0.29) is 17.6 Å². The lowest BCUT2D eigenvalue weighted by atomic mass is 9.89. The summed E-state index contributed by atoms with van der Waals surface area (Å²) in [6.45, 7) is 2.55. The number of rotatable bonds is 5. The van der Waals surface area contributed by atoms with Crippen molar-refractivity contribution in [3.63, 3.8) is 0 Å². The average molecular weight is 356 g/mol. The molecule has 0 N–H and O–H groups in total. The third-order valence-electron chi connectivity index (χ3n) is 5.18. The van der Waals surface area contributed by atoms with E-state index in [4.69, 9.17) is 13.9 Å². The molecule has 0 bridgehead atoms. The number of hydrogen-bond acceptors (Lipinski definition) is 5. The summed E-state index contributed by atoms with van der Waals surface area (Å²) in [5, 5.41) is 0. The van der Waals surface area contributed by atoms with Crippen molar-refractivity contribution in [1.29, 1.82) is 0 Å². The molecular weight excluding hydrogens is 332 g/mol. The summed E-state index contributed by atoms with van der Waals surface area (Å²) in [4.78, 5) is 18.6. The highest BCUT2D eigenvalue weighted by Gasteiger charge is 2.44. The number of carbonyl (C=O) groups is 1. The Morgan fingerprint density at radius 1 is 1.38 bits per heavy atom. The summed E-state index contributed by atoms with van der Waals surface area (Å²) in [6.07, 6.45) is 8.32. The standard InChI is InChI=1S/C20H24N2O4/c23-19(10-17-5-2-9-24-17)22-8-3-6-20(15-22)11-18(14-26-20)25-13-16-4-1-7-21-12-16/h1-2,4-5,7,9,12,18H,3,6,8,10-11,13-15H2/t18-,20+/m1/s1. The number of aromatic nitrogens is 1. The van der Waals surface area contributed by atoms with Gasteiger partial charge in [-0.15, -0.1) is 0 Å². The summed E-state index contributed by atoms with van der Waals surface area (Å²) in [5.74, 6) is 0.807. The Bertz CT molecular complexity index is 719. The van der Waals surface area contributed by atoms with E-state index in [1.165, 1.54) is 0 Å². The molecule has 0 radical (unpaired) electrons. The summed E-state index contributed by atoms with van der Waals surface area (Å²) < 4.78 is 17.5. The average Bonchev–Trinajstić information content (AvgIpc) is 3.31. The molecule has 2 aromatic rings. The van der Waals surface area contributed by atoms with Crippen LogP contribution in [0.3, 0.4) is 0 Å². The van der Waals surface area contributed by atoms with Crippen LogP contribution in [0.15, 0.2) is 47.3 Å². The molecule has 1 spiro atoms. The van der Waals surface area contributed by atoms with Gasteiger partial charge in [0.15, 0.2) is 0 Å². The third-order valence-corrected chi connectivity index (χ3v) is 5.18. The van der Waals surface area contributed by atoms with Crippen molar-refractivity contribution in [3.05, 3.63) is 54.2 Å². The molecule has 4 heterocycles. The number of pyridine rings is 1. The summed E-state index contributed by atoms with van der Waals surface area (Å²) in [5.41, 5.74) is 0.795. The molecule has 2 fully saturated rings. The zero-order valence-electron chi connectivity index (χ0n) is 14.8. The van der Waals surface area contributed by atoms with E-state index in [9.17, 15) is 4.79 Å². The molecule has 0 aliphatic carbocycles. The maximum atomic E-state index is 12.6. The number of carbonyl (C=O) groups excluding carboxylic acids is 1. The van der Waals surface area contributed by atoms with Crippen LogP contribution in [-0.2, 0) is 27.3 Å². The molecule has 2 aliphatic heterocycles. The topological polar surface area (TPSA) is 64.8 Å². The Kier molecular flexibility index (Phi) is 5.04. The molecule has 4 rings (SSSR count). The Morgan fingerprint density at radius 2 is 2.35 bits per heavy atom. The molecule has 2 saturated heterocycles. The molecule has 2 aliphatic rings. The molecule has 0 aromatic carbocycles. The largest absolute Gasteiger partial charge is 0.469 e. The maximum absolute atomic E-state index is 12.6. The third kappa shape index (κ3) is 3.97. The van der Waals surface area contributed by atoms with Gasteiger partial charge >= 0.3 is 0 Å². The number of piperidine rings is 1. The van der Waals surface area contributed by atoms with Crippen LogP contribution in [0.4, 0.5) is 0 Å². The predicted octanol–water partition coefficient (Wildman–Crippen LogP) is 2.58. The molecule has 26 heavy (non-hydrogen) atoms. The van der Waals surface area contributed by atoms with Crippen LogP contribution in [0.25, 0.3) is 0 Å². The number of furan rings is 1. The summed E-state index contributed by atoms with van der Waals surface area (Å²) >= 11 is 0. The van der Waals surface area contributed by atoms with Gasteiger partial charge in [-0.25, -0.2) is 0 Å². The minimum Gasteiger partial charge on any atom is -0.469 e. The van der Waals surface area contributed by atoms with E-state index >= 15 is 0 Å². The smallest absolute Gasteiger partial charge is 0.230 e. The molecule has 0 saturated carbocycles. The van der Waals surface area contributed by atoms with E-state index in [1.54, 1.807) is 12.5 Å². The molecule has 2 atom stereocenters. The van der Waals surface area contributed by atoms with Gasteiger partial charge in [-0.2, -0.15) is 0 Å². The van der Waals surface area contributed by atoms with Gasteiger partial charge in [0, 0.05) is 31.9 Å². The van der Waals surface area contributed by atoms with Crippen LogP contribution in [0.1, 0.15) is 30.6 Å². The highest BCUT2D eigenvalue weighted by atomic mass is 16.6. The van der Waals surface area contributed by atoms with Crippen LogP contribution < -0.4 is 0 Å². The van der Waals surface area contributed by atoms with E-state index in [2.05, 4.69) is 4.98 Å². The van der Waals surface area contributed by atoms with Gasteiger partial charge in [-0.1, -0.05) is 6.07 Å². The van der Waals surface area contributed by atoms with Crippen molar-refractivity contribution in [2.75, 3.05) is 19.7 Å². The van der Waals surface area contributed by atoms with Crippen LogP contribution in [-0.4, -0.2) is 47.2 Å². The van der Waals surface area contributed by atoms with Crippen LogP contribution in [0.5, 0.6) is 0 Å². The first kappa shape index (κ1) is 17.2. The molecule has 0 unspecified atom stereocenters. The Morgan fingerprint density at radius 3 is 3.15 bits per heavy atom. The molecule has 1 amide bonds. The number of amides is 1. The Labute approximate surface area is 153 Å². The first-order valence-electron chi connectivity index (χ1n) is 9.17. The zero-order chi connectivity index (χ0) is 17.8. The number of hydrogen-bond donors (Lipinski definition) is 0. The number of nitrogens with zero attached hydrogens (tertiary/aromatic N) is 2. The van der Waals surface area contributed by atoms with E-state index < -0.39 is 0 Å². The van der Waals surface area contributed by atoms with Crippen molar-refractivity contribution in [2.45, 2.75) is 44.0 Å². The molecule has 6 nitrogen and oxygen atoms in total. The quantitative estimate of drug-likeness (QED) is 0.824. The van der Waals surface area contributed by atoms with E-state index in [1.807, 2.05) is 35.4 Å². The van der Waals surface area contributed by atoms with Gasteiger partial charge in [0.1, 0.15) is 5.76 Å². The Balaban J connectivity index is 1.31. The first-order chi connectivity index (χ1) is 12.7. The highest BCUT2D eigenvalue weighted by molar-refractivity contribution is 5.78. The van der Waals surface area contributed by atoms with Crippen molar-refractivity contribution in [3.8, 4) is 0 Å². The van der Waals surface area contributed by atoms with Gasteiger partial charge in [-0.3, -0.25) is 9.78 Å². The van der Waals surface area contributed by atoms with Crippen LogP contribution in [0.2, 0.25) is 0 Å². The van der Waals surface area contributed by atoms with Gasteiger partial charge in [-0.05, 0) is 36.6 Å². The SMILES string of the molecule is O=C(Cc1ccco1)N1CCC[C@]2(C[C@@H](OCc3cccnc3)CO2)C1.